The van der Waals surface area contributed by atoms with E-state index in [0.29, 0.717) is 82.2 Å². The largest absolute Gasteiger partial charge is 0.322 e. The highest BCUT2D eigenvalue weighted by molar-refractivity contribution is 9.09. The maximum absolute atomic E-state index is 12.8. The van der Waals surface area contributed by atoms with E-state index in [1.807, 2.05) is 72.8 Å². The molecule has 0 spiro atoms. The lowest BCUT2D eigenvalue weighted by molar-refractivity contribution is -0.122. The molecule has 0 saturated carbocycles. The van der Waals surface area contributed by atoms with Crippen molar-refractivity contribution in [1.82, 2.24) is 5.32 Å². The number of benzene rings is 4. The molecule has 0 unspecified atom stereocenters. The number of hydrogen-bond acceptors (Lipinski definition) is 6. The topological polar surface area (TPSA) is 106 Å². The summed E-state index contributed by atoms with van der Waals surface area (Å²) >= 11 is 26.9. The number of ketones is 4. The van der Waals surface area contributed by atoms with Gasteiger partial charge in [-0.3, -0.25) is 19.2 Å². The molecule has 0 radical (unpaired) electrons. The van der Waals surface area contributed by atoms with Gasteiger partial charge in [0.2, 0.25) is 0 Å². The van der Waals surface area contributed by atoms with Crippen molar-refractivity contribution >= 4 is 85.5 Å². The predicted molar refractivity (Wildman–Crippen MR) is 252 cm³/mol. The van der Waals surface area contributed by atoms with Gasteiger partial charge < -0.3 is 11.1 Å². The number of carbonyl (C=O) groups is 4. The van der Waals surface area contributed by atoms with Gasteiger partial charge in [-0.1, -0.05) is 163 Å². The minimum atomic E-state index is -0.354. The molecule has 4 rings (SSSR count). The third-order valence-electron chi connectivity index (χ3n) is 9.29. The molecule has 59 heavy (non-hydrogen) atoms. The van der Waals surface area contributed by atoms with Gasteiger partial charge in [0.05, 0.1) is 44.0 Å². The maximum Gasteiger partial charge on any atom is 0.150 e. The first kappa shape index (κ1) is 52.3. The summed E-state index contributed by atoms with van der Waals surface area (Å²) in [6, 6.07) is 30.2. The van der Waals surface area contributed by atoms with Crippen molar-refractivity contribution in [3.05, 3.63) is 139 Å². The second kappa shape index (κ2) is 29.4. The standard InChI is InChI=1S/C24H29Cl2NO2.C14H19Cl2NO.C10H11BrO/c1-17(2)14-23(24(29)13-10-19-9-12-21(25)22(26)15-19)27-16-20(28)11-8-18-6-4-3-5-7-18;1-9(2)7-13(17)14(18)6-4-10-3-5-11(15)12(16)8-10;11-8-10(12)7-6-9-4-2-1-3-5-9/h3-7,9,12,15,17,23,27H,8,10-11,13-14,16H2,1-2H3;3,5,8-9,13H,4,6-7,17H2,1-2H3;1-5H,6-8H2/t23-;13-;/m11./s1. The zero-order valence-corrected chi connectivity index (χ0v) is 39.2. The molecule has 0 aliphatic carbocycles. The van der Waals surface area contributed by atoms with E-state index < -0.39 is 0 Å². The van der Waals surface area contributed by atoms with Crippen molar-refractivity contribution in [2.24, 2.45) is 17.6 Å². The van der Waals surface area contributed by atoms with E-state index in [2.05, 4.69) is 48.9 Å². The van der Waals surface area contributed by atoms with Crippen molar-refractivity contribution in [2.75, 3.05) is 11.9 Å². The van der Waals surface area contributed by atoms with Gasteiger partial charge in [0.1, 0.15) is 23.1 Å². The molecule has 0 amide bonds. The lowest BCUT2D eigenvalue weighted by Gasteiger charge is -2.19. The fraction of sp³-hybridized carbons (Fsp3) is 0.417. The molecule has 0 aliphatic rings. The van der Waals surface area contributed by atoms with Crippen LogP contribution in [0.15, 0.2) is 97.1 Å². The molecule has 11 heteroatoms. The Morgan fingerprint density at radius 1 is 0.542 bits per heavy atom. The van der Waals surface area contributed by atoms with E-state index in [0.717, 1.165) is 36.0 Å². The van der Waals surface area contributed by atoms with Gasteiger partial charge in [0.15, 0.2) is 0 Å². The molecule has 0 bridgehead atoms. The molecule has 320 valence electrons. The Balaban J connectivity index is 0.000000339. The first-order chi connectivity index (χ1) is 28.1. The molecule has 0 saturated heterocycles. The third kappa shape index (κ3) is 23.1. The van der Waals surface area contributed by atoms with E-state index in [4.69, 9.17) is 52.1 Å². The Labute approximate surface area is 380 Å². The lowest BCUT2D eigenvalue weighted by atomic mass is 9.96. The lowest BCUT2D eigenvalue weighted by Crippen LogP contribution is -2.41. The Kier molecular flexibility index (Phi) is 26.0. The van der Waals surface area contributed by atoms with Crippen LogP contribution in [0.1, 0.15) is 88.5 Å². The van der Waals surface area contributed by atoms with Gasteiger partial charge in [-0.05, 0) is 96.9 Å². The van der Waals surface area contributed by atoms with Crippen molar-refractivity contribution in [3.8, 4) is 0 Å². The van der Waals surface area contributed by atoms with E-state index in [-0.39, 0.29) is 41.8 Å². The normalized spacial score (nSPS) is 11.9. The number of Topliss-reactive ketones (excluding diaryl/α,β-unsaturated/α-hetero) is 4. The van der Waals surface area contributed by atoms with Crippen LogP contribution in [0.2, 0.25) is 20.1 Å². The molecule has 0 fully saturated rings. The predicted octanol–water partition coefficient (Wildman–Crippen LogP) is 12.2. The second-order valence-corrected chi connectivity index (χ2v) is 17.6. The highest BCUT2D eigenvalue weighted by atomic mass is 79.9. The molecular weight excluding hydrogens is 890 g/mol. The number of alkyl halides is 1. The number of nitrogens with one attached hydrogen (secondary N) is 1. The summed E-state index contributed by atoms with van der Waals surface area (Å²) in [7, 11) is 0. The highest BCUT2D eigenvalue weighted by Crippen LogP contribution is 2.24. The molecule has 0 heterocycles. The van der Waals surface area contributed by atoms with Crippen LogP contribution in [-0.4, -0.2) is 47.1 Å². The van der Waals surface area contributed by atoms with Crippen LogP contribution >= 0.6 is 62.3 Å². The molecule has 4 aromatic carbocycles. The average molecular weight is 950 g/mol. The molecule has 6 nitrogen and oxygen atoms in total. The summed E-state index contributed by atoms with van der Waals surface area (Å²) in [4.78, 5) is 47.8. The molecule has 0 aromatic heterocycles. The van der Waals surface area contributed by atoms with Crippen molar-refractivity contribution in [3.63, 3.8) is 0 Å². The third-order valence-corrected chi connectivity index (χ3v) is 11.4. The smallest absolute Gasteiger partial charge is 0.150 e. The van der Waals surface area contributed by atoms with Crippen LogP contribution in [0, 0.1) is 11.8 Å². The SMILES string of the molecule is CC(C)C[C@@H](N)C(=O)CCc1ccc(Cl)c(Cl)c1.CC(C)C[C@@H](NCC(=O)CCc1ccccc1)C(=O)CCc1ccc(Cl)c(Cl)c1.O=C(CBr)CCc1ccccc1. The molecular formula is C48H59BrCl4N2O4. The fourth-order valence-electron chi connectivity index (χ4n) is 5.97. The summed E-state index contributed by atoms with van der Waals surface area (Å²) in [5.41, 5.74) is 10.2. The van der Waals surface area contributed by atoms with Crippen LogP contribution in [0.25, 0.3) is 0 Å². The molecule has 2 atom stereocenters. The number of aryl methyl sites for hydroxylation is 4. The summed E-state index contributed by atoms with van der Waals surface area (Å²) in [6.45, 7) is 8.51. The average Bonchev–Trinajstić information content (AvgIpc) is 3.22. The quantitative estimate of drug-likeness (QED) is 0.0760. The Morgan fingerprint density at radius 2 is 0.966 bits per heavy atom. The van der Waals surface area contributed by atoms with E-state index in [1.54, 1.807) is 24.3 Å². The van der Waals surface area contributed by atoms with Crippen molar-refractivity contribution in [1.29, 1.82) is 0 Å². The number of rotatable bonds is 22. The maximum atomic E-state index is 12.8. The monoisotopic (exact) mass is 946 g/mol. The van der Waals surface area contributed by atoms with Gasteiger partial charge in [-0.15, -0.1) is 0 Å². The van der Waals surface area contributed by atoms with Gasteiger partial charge in [-0.25, -0.2) is 0 Å². The van der Waals surface area contributed by atoms with E-state index >= 15 is 0 Å². The van der Waals surface area contributed by atoms with Crippen molar-refractivity contribution in [2.45, 2.75) is 104 Å². The van der Waals surface area contributed by atoms with Crippen LogP contribution in [0.3, 0.4) is 0 Å². The van der Waals surface area contributed by atoms with Gasteiger partial charge in [0.25, 0.3) is 0 Å². The summed E-state index contributed by atoms with van der Waals surface area (Å²) < 4.78 is 0. The van der Waals surface area contributed by atoms with Gasteiger partial charge in [0, 0.05) is 25.7 Å². The number of nitrogens with two attached hydrogens (primary N) is 1. The minimum Gasteiger partial charge on any atom is -0.322 e. The number of hydrogen-bond donors (Lipinski definition) is 2. The Bertz CT molecular complexity index is 1880. The first-order valence-electron chi connectivity index (χ1n) is 20.2. The Hall–Kier alpha value is -2.88. The summed E-state index contributed by atoms with van der Waals surface area (Å²) in [6.07, 6.45) is 6.25. The van der Waals surface area contributed by atoms with Gasteiger partial charge >= 0.3 is 0 Å². The van der Waals surface area contributed by atoms with Crippen LogP contribution in [-0.2, 0) is 44.9 Å². The molecule has 4 aromatic rings. The minimum absolute atomic E-state index is 0.106. The summed E-state index contributed by atoms with van der Waals surface area (Å²) in [5.74, 6) is 1.42. The molecule has 3 N–H and O–H groups in total. The Morgan fingerprint density at radius 3 is 1.39 bits per heavy atom. The second-order valence-electron chi connectivity index (χ2n) is 15.4. The number of halogens is 5. The summed E-state index contributed by atoms with van der Waals surface area (Å²) in [5, 5.41) is 5.73. The molecule has 0 aliphatic heterocycles. The number of carbonyl (C=O) groups excluding carboxylic acids is 4. The zero-order chi connectivity index (χ0) is 43.7. The first-order valence-corrected chi connectivity index (χ1v) is 22.8. The van der Waals surface area contributed by atoms with E-state index in [9.17, 15) is 19.2 Å². The van der Waals surface area contributed by atoms with Crippen molar-refractivity contribution < 1.29 is 19.2 Å². The van der Waals surface area contributed by atoms with E-state index in [1.165, 1.54) is 5.56 Å². The van der Waals surface area contributed by atoms with Crippen LogP contribution in [0.4, 0.5) is 0 Å². The highest BCUT2D eigenvalue weighted by Gasteiger charge is 2.20. The van der Waals surface area contributed by atoms with Crippen LogP contribution < -0.4 is 11.1 Å². The fourth-order valence-corrected chi connectivity index (χ4v) is 6.90. The zero-order valence-electron chi connectivity index (χ0n) is 34.6. The van der Waals surface area contributed by atoms with Gasteiger partial charge in [-0.2, -0.15) is 0 Å². The van der Waals surface area contributed by atoms with Crippen LogP contribution in [0.5, 0.6) is 0 Å².